The van der Waals surface area contributed by atoms with E-state index in [-0.39, 0.29) is 22.9 Å². The summed E-state index contributed by atoms with van der Waals surface area (Å²) in [5.74, 6) is 3.38. The van der Waals surface area contributed by atoms with Gasteiger partial charge in [0.2, 0.25) is 0 Å². The molecule has 1 N–H and O–H groups in total. The molecule has 3 heteroatoms. The maximum atomic E-state index is 13.7. The minimum atomic E-state index is -0.239. The van der Waals surface area contributed by atoms with Crippen molar-refractivity contribution in [2.75, 3.05) is 0 Å². The average Bonchev–Trinajstić information content (AvgIpc) is 3.31. The highest BCUT2D eigenvalue weighted by atomic mass is 16.5. The number of benzene rings is 1. The Balaban J connectivity index is 1.24. The lowest BCUT2D eigenvalue weighted by Crippen LogP contribution is -2.63. The van der Waals surface area contributed by atoms with E-state index in [4.69, 9.17) is 4.74 Å². The van der Waals surface area contributed by atoms with Crippen LogP contribution in [0.4, 0.5) is 0 Å². The molecule has 0 amide bonds. The molecular weight excluding hydrogens is 444 g/mol. The van der Waals surface area contributed by atoms with Crippen LogP contribution in [0.1, 0.15) is 104 Å². The minimum Gasteiger partial charge on any atom is -0.460 e. The molecule has 5 saturated carbocycles. The molecule has 5 aliphatic carbocycles. The lowest BCUT2D eigenvalue weighted by Gasteiger charge is -2.69. The van der Waals surface area contributed by atoms with Crippen LogP contribution in [0.15, 0.2) is 30.3 Å². The van der Waals surface area contributed by atoms with Crippen LogP contribution in [0.5, 0.6) is 0 Å². The highest BCUT2D eigenvalue weighted by Gasteiger charge is 2.67. The normalized spacial score (nSPS) is 47.1. The predicted molar refractivity (Wildman–Crippen MR) is 143 cm³/mol. The fourth-order valence-corrected chi connectivity index (χ4v) is 11.4. The maximum Gasteiger partial charge on any atom is 0.312 e. The van der Waals surface area contributed by atoms with Crippen molar-refractivity contribution in [2.45, 2.75) is 111 Å². The van der Waals surface area contributed by atoms with Crippen molar-refractivity contribution >= 4 is 5.97 Å². The molecule has 36 heavy (non-hydrogen) atoms. The first-order valence-electron chi connectivity index (χ1n) is 15.0. The molecule has 0 bridgehead atoms. The molecule has 0 saturated heterocycles. The lowest BCUT2D eigenvalue weighted by molar-refractivity contribution is -0.217. The Morgan fingerprint density at radius 3 is 2.36 bits per heavy atom. The first kappa shape index (κ1) is 25.0. The van der Waals surface area contributed by atoms with Gasteiger partial charge in [0, 0.05) is 0 Å². The van der Waals surface area contributed by atoms with Gasteiger partial charge in [-0.25, -0.2) is 0 Å². The summed E-state index contributed by atoms with van der Waals surface area (Å²) in [7, 11) is 0. The van der Waals surface area contributed by atoms with Gasteiger partial charge in [-0.1, -0.05) is 64.4 Å². The summed E-state index contributed by atoms with van der Waals surface area (Å²) in [4.78, 5) is 13.7. The number of hydrogen-bond acceptors (Lipinski definition) is 3. The van der Waals surface area contributed by atoms with E-state index in [0.717, 1.165) is 36.7 Å². The second kappa shape index (κ2) is 8.58. The molecule has 5 fully saturated rings. The van der Waals surface area contributed by atoms with E-state index in [9.17, 15) is 9.90 Å². The fraction of sp³-hybridized carbons (Fsp3) is 0.788. The number of ether oxygens (including phenoxy) is 1. The molecule has 0 radical (unpaired) electrons. The number of aliphatic hydroxyl groups is 1. The summed E-state index contributed by atoms with van der Waals surface area (Å²) in [5, 5.41) is 10.9. The number of carbonyl (C=O) groups excluding carboxylic acids is 1. The topological polar surface area (TPSA) is 46.5 Å². The highest BCUT2D eigenvalue weighted by Crippen LogP contribution is 2.73. The van der Waals surface area contributed by atoms with E-state index < -0.39 is 0 Å². The van der Waals surface area contributed by atoms with Crippen molar-refractivity contribution < 1.29 is 14.6 Å². The molecule has 0 aromatic heterocycles. The third kappa shape index (κ3) is 3.43. The van der Waals surface area contributed by atoms with Gasteiger partial charge >= 0.3 is 5.97 Å². The van der Waals surface area contributed by atoms with E-state index in [2.05, 4.69) is 39.8 Å². The first-order chi connectivity index (χ1) is 17.1. The van der Waals surface area contributed by atoms with Gasteiger partial charge in [-0.15, -0.1) is 0 Å². The number of carbonyl (C=O) groups is 1. The zero-order valence-electron chi connectivity index (χ0n) is 23.1. The summed E-state index contributed by atoms with van der Waals surface area (Å²) in [5.41, 5.74) is 1.57. The minimum absolute atomic E-state index is 0.0147. The van der Waals surface area contributed by atoms with Gasteiger partial charge in [0.15, 0.2) is 0 Å². The van der Waals surface area contributed by atoms with E-state index in [1.165, 1.54) is 51.4 Å². The molecule has 0 aliphatic heterocycles. The van der Waals surface area contributed by atoms with E-state index in [0.29, 0.717) is 35.2 Å². The zero-order valence-corrected chi connectivity index (χ0v) is 23.1. The lowest BCUT2D eigenvalue weighted by atomic mass is 9.36. The molecule has 1 aromatic rings. The summed E-state index contributed by atoms with van der Waals surface area (Å²) in [6.07, 6.45) is 12.8. The largest absolute Gasteiger partial charge is 0.460 e. The van der Waals surface area contributed by atoms with Crippen molar-refractivity contribution in [1.29, 1.82) is 0 Å². The van der Waals surface area contributed by atoms with Crippen molar-refractivity contribution in [2.24, 2.45) is 51.2 Å². The van der Waals surface area contributed by atoms with Crippen LogP contribution in [0.25, 0.3) is 0 Å². The Morgan fingerprint density at radius 2 is 1.58 bits per heavy atom. The van der Waals surface area contributed by atoms with Gasteiger partial charge in [-0.2, -0.15) is 0 Å². The Morgan fingerprint density at radius 1 is 0.833 bits per heavy atom. The third-order valence-electron chi connectivity index (χ3n) is 13.1. The summed E-state index contributed by atoms with van der Waals surface area (Å²) >= 11 is 0. The van der Waals surface area contributed by atoms with E-state index >= 15 is 0 Å². The zero-order chi connectivity index (χ0) is 25.3. The molecule has 1 aromatic carbocycles. The Bertz CT molecular complexity index is 986. The van der Waals surface area contributed by atoms with Crippen LogP contribution in [-0.2, 0) is 16.1 Å². The molecule has 3 nitrogen and oxygen atoms in total. The molecular formula is C33H48O3. The summed E-state index contributed by atoms with van der Waals surface area (Å²) in [6.45, 7) is 10.3. The van der Waals surface area contributed by atoms with Crippen LogP contribution >= 0.6 is 0 Å². The monoisotopic (exact) mass is 492 g/mol. The number of esters is 1. The molecule has 0 heterocycles. The fourth-order valence-electron chi connectivity index (χ4n) is 11.4. The van der Waals surface area contributed by atoms with Gasteiger partial charge in [-0.3, -0.25) is 4.79 Å². The van der Waals surface area contributed by atoms with Gasteiger partial charge in [0.05, 0.1) is 11.5 Å². The van der Waals surface area contributed by atoms with Gasteiger partial charge in [0.25, 0.3) is 0 Å². The molecule has 5 aliphatic rings. The summed E-state index contributed by atoms with van der Waals surface area (Å²) < 4.78 is 6.04. The average molecular weight is 493 g/mol. The Labute approximate surface area is 218 Å². The quantitative estimate of drug-likeness (QED) is 0.443. The number of hydrogen-bond donors (Lipinski definition) is 1. The molecule has 6 rings (SSSR count). The van der Waals surface area contributed by atoms with Crippen molar-refractivity contribution in [3.63, 3.8) is 0 Å². The number of rotatable bonds is 3. The Hall–Kier alpha value is -1.35. The van der Waals surface area contributed by atoms with Gasteiger partial charge in [-0.05, 0) is 116 Å². The summed E-state index contributed by atoms with van der Waals surface area (Å²) in [6, 6.07) is 10.2. The van der Waals surface area contributed by atoms with Crippen LogP contribution in [0.2, 0.25) is 0 Å². The number of aliphatic hydroxyl groups excluding tert-OH is 1. The second-order valence-electron chi connectivity index (χ2n) is 14.6. The van der Waals surface area contributed by atoms with Gasteiger partial charge in [0.1, 0.15) is 6.61 Å². The van der Waals surface area contributed by atoms with Crippen LogP contribution in [0, 0.1) is 51.2 Å². The van der Waals surface area contributed by atoms with Crippen molar-refractivity contribution in [1.82, 2.24) is 0 Å². The molecule has 198 valence electrons. The third-order valence-corrected chi connectivity index (χ3v) is 13.1. The Kier molecular flexibility index (Phi) is 5.95. The van der Waals surface area contributed by atoms with Crippen molar-refractivity contribution in [3.8, 4) is 0 Å². The van der Waals surface area contributed by atoms with Crippen LogP contribution in [0.3, 0.4) is 0 Å². The smallest absolute Gasteiger partial charge is 0.312 e. The molecule has 9 unspecified atom stereocenters. The maximum absolute atomic E-state index is 13.7. The highest BCUT2D eigenvalue weighted by molar-refractivity contribution is 5.78. The van der Waals surface area contributed by atoms with E-state index in [1.54, 1.807) is 0 Å². The molecule has 0 spiro atoms. The number of fused-ring (bicyclic) bond motifs is 7. The van der Waals surface area contributed by atoms with Crippen LogP contribution < -0.4 is 0 Å². The SMILES string of the molecule is CC1(C)C(O)CCC2(C)C1CCC1(C)C3CCC4(C(=O)OCc5ccccc5)CCCC4C3CCC12. The first-order valence-corrected chi connectivity index (χ1v) is 15.0. The van der Waals surface area contributed by atoms with Crippen LogP contribution in [-0.4, -0.2) is 17.2 Å². The standard InChI is InChI=1S/C33H48O3/c1-30(2)26-15-18-31(3)24-14-20-33(29(35)36-21-22-9-6-5-7-10-22)17-8-11-25(33)23(24)12-13-27(31)32(26,4)19-16-28(30)34/h5-7,9-10,23-28,34H,8,11-21H2,1-4H3. The molecule has 9 atom stereocenters. The second-order valence-corrected chi connectivity index (χ2v) is 14.6. The predicted octanol–water partition coefficient (Wildman–Crippen LogP) is 7.56. The van der Waals surface area contributed by atoms with Crippen molar-refractivity contribution in [3.05, 3.63) is 35.9 Å². The van der Waals surface area contributed by atoms with E-state index in [1.807, 2.05) is 18.2 Å². The van der Waals surface area contributed by atoms with Gasteiger partial charge < -0.3 is 9.84 Å².